The van der Waals surface area contributed by atoms with E-state index in [0.29, 0.717) is 47.5 Å². The van der Waals surface area contributed by atoms with Crippen LogP contribution in [0.4, 0.5) is 11.8 Å². The first kappa shape index (κ1) is 22.4. The summed E-state index contributed by atoms with van der Waals surface area (Å²) in [5.74, 6) is 3.05. The molecule has 178 valence electrons. The number of nitriles is 1. The Labute approximate surface area is 199 Å². The summed E-state index contributed by atoms with van der Waals surface area (Å²) in [4.78, 5) is 20.0. The second kappa shape index (κ2) is 9.11. The van der Waals surface area contributed by atoms with E-state index < -0.39 is 5.91 Å². The molecule has 4 saturated carbocycles. The van der Waals surface area contributed by atoms with Crippen molar-refractivity contribution in [3.8, 4) is 11.8 Å². The number of nitrogens with zero attached hydrogens (tertiary/aromatic N) is 3. The Balaban J connectivity index is 1.26. The highest BCUT2D eigenvalue weighted by Crippen LogP contribution is 2.59. The zero-order chi connectivity index (χ0) is 23.7. The number of primary amides is 1. The van der Waals surface area contributed by atoms with Crippen LogP contribution in [0.3, 0.4) is 0 Å². The minimum atomic E-state index is -0.532. The number of carbonyl (C=O) groups excluding carboxylic acids is 1. The van der Waals surface area contributed by atoms with Gasteiger partial charge in [-0.05, 0) is 61.3 Å². The smallest absolute Gasteiger partial charge is 0.255 e. The van der Waals surface area contributed by atoms with Crippen molar-refractivity contribution in [2.75, 3.05) is 23.8 Å². The number of benzene rings is 1. The molecule has 0 saturated heterocycles. The summed E-state index contributed by atoms with van der Waals surface area (Å²) in [5.41, 5.74) is 13.2. The molecule has 34 heavy (non-hydrogen) atoms. The van der Waals surface area contributed by atoms with Gasteiger partial charge < -0.3 is 26.8 Å². The lowest BCUT2D eigenvalue weighted by atomic mass is 9.48. The van der Waals surface area contributed by atoms with E-state index in [0.717, 1.165) is 30.9 Å². The Morgan fingerprint density at radius 1 is 1.21 bits per heavy atom. The van der Waals surface area contributed by atoms with Gasteiger partial charge in [0.05, 0.1) is 6.20 Å². The SMILES string of the molecule is N#Cc1cnc(NCc2ccccc2OCC(N)=O)nc1NCC12CC3C[C@H](C1)C(N)[C@@H](C3)C2. The molecule has 4 aliphatic rings. The first-order valence-electron chi connectivity index (χ1n) is 11.9. The van der Waals surface area contributed by atoms with Gasteiger partial charge >= 0.3 is 0 Å². The third-order valence-corrected chi connectivity index (χ3v) is 7.79. The Morgan fingerprint density at radius 3 is 2.71 bits per heavy atom. The monoisotopic (exact) mass is 461 g/mol. The number of nitrogens with one attached hydrogen (secondary N) is 2. The Bertz CT molecular complexity index is 1100. The van der Waals surface area contributed by atoms with E-state index in [-0.39, 0.29) is 12.0 Å². The molecule has 1 amide bonds. The zero-order valence-corrected chi connectivity index (χ0v) is 19.2. The highest BCUT2D eigenvalue weighted by molar-refractivity contribution is 5.75. The molecular formula is C25H31N7O2. The van der Waals surface area contributed by atoms with E-state index in [1.807, 2.05) is 18.2 Å². The molecule has 1 heterocycles. The van der Waals surface area contributed by atoms with Gasteiger partial charge in [-0.2, -0.15) is 10.2 Å². The molecule has 2 aromatic rings. The molecular weight excluding hydrogens is 430 g/mol. The number of anilines is 2. The van der Waals surface area contributed by atoms with Crippen LogP contribution >= 0.6 is 0 Å². The number of nitrogens with two attached hydrogens (primary N) is 2. The number of rotatable bonds is 9. The molecule has 0 radical (unpaired) electrons. The first-order chi connectivity index (χ1) is 16.4. The molecule has 3 unspecified atom stereocenters. The lowest BCUT2D eigenvalue weighted by Gasteiger charge is -2.59. The average Bonchev–Trinajstić information content (AvgIpc) is 2.83. The van der Waals surface area contributed by atoms with Gasteiger partial charge in [-0.3, -0.25) is 4.79 Å². The summed E-state index contributed by atoms with van der Waals surface area (Å²) in [6.45, 7) is 1.01. The Hall–Kier alpha value is -3.38. The van der Waals surface area contributed by atoms with Gasteiger partial charge in [0.2, 0.25) is 5.95 Å². The molecule has 9 nitrogen and oxygen atoms in total. The predicted molar refractivity (Wildman–Crippen MR) is 128 cm³/mol. The number of amides is 1. The zero-order valence-electron chi connectivity index (χ0n) is 19.2. The lowest BCUT2D eigenvalue weighted by molar-refractivity contribution is -0.119. The second-order valence-electron chi connectivity index (χ2n) is 10.2. The minimum Gasteiger partial charge on any atom is -0.483 e. The van der Waals surface area contributed by atoms with Crippen molar-refractivity contribution in [1.29, 1.82) is 5.26 Å². The highest BCUT2D eigenvalue weighted by atomic mass is 16.5. The Kier molecular flexibility index (Phi) is 6.00. The van der Waals surface area contributed by atoms with Crippen LogP contribution in [0.2, 0.25) is 0 Å². The van der Waals surface area contributed by atoms with E-state index in [1.54, 1.807) is 12.3 Å². The number of hydrogen-bond acceptors (Lipinski definition) is 8. The third-order valence-electron chi connectivity index (χ3n) is 7.79. The molecule has 0 aliphatic heterocycles. The van der Waals surface area contributed by atoms with Crippen molar-refractivity contribution in [3.05, 3.63) is 41.6 Å². The number of para-hydroxylation sites is 1. The van der Waals surface area contributed by atoms with Crippen LogP contribution < -0.4 is 26.8 Å². The van der Waals surface area contributed by atoms with Crippen molar-refractivity contribution in [2.24, 2.45) is 34.6 Å². The van der Waals surface area contributed by atoms with Gasteiger partial charge in [-0.15, -0.1) is 0 Å². The van der Waals surface area contributed by atoms with Crippen molar-refractivity contribution in [1.82, 2.24) is 9.97 Å². The summed E-state index contributed by atoms with van der Waals surface area (Å²) in [5, 5.41) is 16.3. The number of carbonyl (C=O) groups is 1. The fourth-order valence-corrected chi connectivity index (χ4v) is 6.52. The normalized spacial score (nSPS) is 28.8. The Morgan fingerprint density at radius 2 is 1.97 bits per heavy atom. The van der Waals surface area contributed by atoms with E-state index >= 15 is 0 Å². The van der Waals surface area contributed by atoms with Crippen LogP contribution in [0.5, 0.6) is 5.75 Å². The maximum absolute atomic E-state index is 11.1. The molecule has 4 fully saturated rings. The van der Waals surface area contributed by atoms with E-state index in [4.69, 9.17) is 16.2 Å². The van der Waals surface area contributed by atoms with Crippen molar-refractivity contribution in [3.63, 3.8) is 0 Å². The molecule has 9 heteroatoms. The molecule has 0 spiro atoms. The molecule has 4 bridgehead atoms. The van der Waals surface area contributed by atoms with E-state index in [2.05, 4.69) is 26.7 Å². The predicted octanol–water partition coefficient (Wildman–Crippen LogP) is 2.39. The maximum atomic E-state index is 11.1. The van der Waals surface area contributed by atoms with Crippen molar-refractivity contribution in [2.45, 2.75) is 44.7 Å². The summed E-state index contributed by atoms with van der Waals surface area (Å²) in [7, 11) is 0. The first-order valence-corrected chi connectivity index (χ1v) is 11.9. The molecule has 5 atom stereocenters. The van der Waals surface area contributed by atoms with Crippen molar-refractivity contribution < 1.29 is 9.53 Å². The highest BCUT2D eigenvalue weighted by Gasteiger charge is 2.54. The van der Waals surface area contributed by atoms with Gasteiger partial charge in [0.1, 0.15) is 23.2 Å². The van der Waals surface area contributed by atoms with E-state index in [9.17, 15) is 10.1 Å². The van der Waals surface area contributed by atoms with Gasteiger partial charge in [0, 0.05) is 24.7 Å². The maximum Gasteiger partial charge on any atom is 0.255 e. The van der Waals surface area contributed by atoms with Crippen LogP contribution in [0.15, 0.2) is 30.5 Å². The van der Waals surface area contributed by atoms with Crippen LogP contribution in [-0.2, 0) is 11.3 Å². The summed E-state index contributed by atoms with van der Waals surface area (Å²) in [6.07, 6.45) is 7.65. The molecule has 1 aromatic carbocycles. The number of ether oxygens (including phenoxy) is 1. The van der Waals surface area contributed by atoms with Crippen molar-refractivity contribution >= 4 is 17.7 Å². The summed E-state index contributed by atoms with van der Waals surface area (Å²) in [6, 6.07) is 9.94. The van der Waals surface area contributed by atoms with Crippen LogP contribution in [0, 0.1) is 34.5 Å². The van der Waals surface area contributed by atoms with Gasteiger partial charge in [-0.1, -0.05) is 18.2 Å². The molecule has 1 aromatic heterocycles. The molecule has 4 aliphatic carbocycles. The quantitative estimate of drug-likeness (QED) is 0.444. The van der Waals surface area contributed by atoms with Crippen LogP contribution in [0.1, 0.15) is 43.2 Å². The number of aromatic nitrogens is 2. The number of hydrogen-bond donors (Lipinski definition) is 4. The van der Waals surface area contributed by atoms with Gasteiger partial charge in [0.15, 0.2) is 6.61 Å². The van der Waals surface area contributed by atoms with Gasteiger partial charge in [0.25, 0.3) is 5.91 Å². The van der Waals surface area contributed by atoms with Crippen LogP contribution in [0.25, 0.3) is 0 Å². The molecule has 6 N–H and O–H groups in total. The fourth-order valence-electron chi connectivity index (χ4n) is 6.52. The van der Waals surface area contributed by atoms with E-state index in [1.165, 1.54) is 19.3 Å². The minimum absolute atomic E-state index is 0.187. The summed E-state index contributed by atoms with van der Waals surface area (Å²) >= 11 is 0. The molecule has 6 rings (SSSR count). The summed E-state index contributed by atoms with van der Waals surface area (Å²) < 4.78 is 5.49. The fraction of sp³-hybridized carbons (Fsp3) is 0.520. The second-order valence-corrected chi connectivity index (χ2v) is 10.2. The largest absolute Gasteiger partial charge is 0.483 e. The average molecular weight is 462 g/mol. The third kappa shape index (κ3) is 4.50. The lowest BCUT2D eigenvalue weighted by Crippen LogP contribution is -2.58. The standard InChI is InChI=1S/C25H31N7O2/c26-10-19-12-30-24(29-11-16-3-1-2-4-20(16)34-13-21(27)33)32-23(19)31-14-25-7-15-5-17(8-25)22(28)18(6-15)9-25/h1-4,12,15,17-18,22H,5-9,11,13-14,28H2,(H2,27,33)(H2,29,30,31,32)/t15?,17-,18+,22?,25?. The van der Waals surface area contributed by atoms with Crippen LogP contribution in [-0.4, -0.2) is 35.1 Å². The topological polar surface area (TPSA) is 152 Å². The van der Waals surface area contributed by atoms with Gasteiger partial charge in [-0.25, -0.2) is 4.98 Å².